The highest BCUT2D eigenvalue weighted by atomic mass is 16.5. The molecule has 0 radical (unpaired) electrons. The fourth-order valence-corrected chi connectivity index (χ4v) is 4.87. The van der Waals surface area contributed by atoms with E-state index in [1.807, 2.05) is 7.05 Å². The number of ether oxygens (including phenoxy) is 1. The molecule has 0 aliphatic carbocycles. The maximum atomic E-state index is 5.67. The molecular weight excluding hydrogens is 338 g/mol. The molecule has 2 N–H and O–H groups in total. The Hall–Kier alpha value is -0.850. The summed E-state index contributed by atoms with van der Waals surface area (Å²) in [5, 5.41) is 7.37. The van der Waals surface area contributed by atoms with Crippen LogP contribution in [-0.4, -0.2) is 86.9 Å². The van der Waals surface area contributed by atoms with Crippen molar-refractivity contribution < 1.29 is 4.74 Å². The summed E-state index contributed by atoms with van der Waals surface area (Å²) in [6, 6.07) is 0.548. The van der Waals surface area contributed by atoms with Gasteiger partial charge in [-0.05, 0) is 64.6 Å². The molecule has 3 aliphatic rings. The molecule has 0 spiro atoms. The van der Waals surface area contributed by atoms with E-state index in [0.717, 1.165) is 38.6 Å². The molecule has 3 rings (SSSR count). The molecule has 3 aliphatic heterocycles. The second-order valence-electron chi connectivity index (χ2n) is 8.57. The molecule has 3 heterocycles. The van der Waals surface area contributed by atoms with Gasteiger partial charge in [0, 0.05) is 51.5 Å². The van der Waals surface area contributed by atoms with Crippen molar-refractivity contribution in [3.8, 4) is 0 Å². The number of hydrogen-bond donors (Lipinski definition) is 2. The Kier molecular flexibility index (Phi) is 8.22. The second-order valence-corrected chi connectivity index (χ2v) is 8.57. The molecule has 0 saturated carbocycles. The minimum Gasteiger partial charge on any atom is -0.381 e. The van der Waals surface area contributed by atoms with Gasteiger partial charge in [-0.15, -0.1) is 0 Å². The fourth-order valence-electron chi connectivity index (χ4n) is 4.87. The average Bonchev–Trinajstić information content (AvgIpc) is 3.27. The Morgan fingerprint density at radius 3 is 2.44 bits per heavy atom. The summed E-state index contributed by atoms with van der Waals surface area (Å²) in [5.41, 5.74) is 0.246. The van der Waals surface area contributed by atoms with Crippen molar-refractivity contribution in [2.75, 3.05) is 59.5 Å². The lowest BCUT2D eigenvalue weighted by atomic mass is 9.88. The van der Waals surface area contributed by atoms with Crippen LogP contribution in [0.1, 0.15) is 58.3 Å². The molecule has 6 nitrogen and oxygen atoms in total. The Morgan fingerprint density at radius 2 is 1.81 bits per heavy atom. The van der Waals surface area contributed by atoms with E-state index >= 15 is 0 Å². The molecular formula is C21H41N5O. The van der Waals surface area contributed by atoms with Gasteiger partial charge in [0.2, 0.25) is 0 Å². The Morgan fingerprint density at radius 1 is 1.11 bits per heavy atom. The van der Waals surface area contributed by atoms with E-state index in [4.69, 9.17) is 4.74 Å². The zero-order valence-corrected chi connectivity index (χ0v) is 17.6. The number of rotatable bonds is 7. The van der Waals surface area contributed by atoms with Crippen LogP contribution in [0.2, 0.25) is 0 Å². The van der Waals surface area contributed by atoms with Gasteiger partial charge in [0.05, 0.1) is 0 Å². The van der Waals surface area contributed by atoms with Crippen LogP contribution in [0.15, 0.2) is 4.99 Å². The minimum atomic E-state index is 0.246. The van der Waals surface area contributed by atoms with E-state index in [1.54, 1.807) is 0 Å². The Bertz CT molecular complexity index is 449. The van der Waals surface area contributed by atoms with Gasteiger partial charge in [-0.25, -0.2) is 0 Å². The van der Waals surface area contributed by atoms with Crippen molar-refractivity contribution in [3.05, 3.63) is 0 Å². The van der Waals surface area contributed by atoms with Crippen molar-refractivity contribution in [3.63, 3.8) is 0 Å². The predicted octanol–water partition coefficient (Wildman–Crippen LogP) is 2.06. The third-order valence-electron chi connectivity index (χ3n) is 6.77. The summed E-state index contributed by atoms with van der Waals surface area (Å²) in [4.78, 5) is 9.85. The number of hydrogen-bond acceptors (Lipinski definition) is 4. The summed E-state index contributed by atoms with van der Waals surface area (Å²) in [5.74, 6) is 0.979. The smallest absolute Gasteiger partial charge is 0.191 e. The number of nitrogens with zero attached hydrogens (tertiary/aromatic N) is 3. The lowest BCUT2D eigenvalue weighted by Gasteiger charge is -2.45. The molecule has 0 aromatic heterocycles. The van der Waals surface area contributed by atoms with E-state index < -0.39 is 0 Å². The number of unbranched alkanes of at least 4 members (excludes halogenated alkanes) is 1. The molecule has 0 bridgehead atoms. The first-order valence-corrected chi connectivity index (χ1v) is 11.3. The summed E-state index contributed by atoms with van der Waals surface area (Å²) >= 11 is 0. The topological polar surface area (TPSA) is 52.1 Å². The monoisotopic (exact) mass is 379 g/mol. The second kappa shape index (κ2) is 10.6. The lowest BCUT2D eigenvalue weighted by molar-refractivity contribution is -0.0164. The highest BCUT2D eigenvalue weighted by molar-refractivity contribution is 5.80. The number of piperidine rings is 1. The fraction of sp³-hybridized carbons (Fsp3) is 0.952. The van der Waals surface area contributed by atoms with Crippen LogP contribution in [-0.2, 0) is 4.74 Å². The van der Waals surface area contributed by atoms with E-state index in [-0.39, 0.29) is 5.54 Å². The van der Waals surface area contributed by atoms with Crippen LogP contribution in [0.3, 0.4) is 0 Å². The van der Waals surface area contributed by atoms with Crippen molar-refractivity contribution in [2.24, 2.45) is 4.99 Å². The normalized spacial score (nSPS) is 25.6. The first kappa shape index (κ1) is 20.9. The summed E-state index contributed by atoms with van der Waals surface area (Å²) in [7, 11) is 1.90. The van der Waals surface area contributed by atoms with Crippen LogP contribution in [0.5, 0.6) is 0 Å². The molecule has 3 saturated heterocycles. The maximum Gasteiger partial charge on any atom is 0.191 e. The van der Waals surface area contributed by atoms with E-state index in [2.05, 4.69) is 32.3 Å². The summed E-state index contributed by atoms with van der Waals surface area (Å²) in [6.45, 7) is 11.2. The molecule has 0 aromatic carbocycles. The van der Waals surface area contributed by atoms with Gasteiger partial charge in [0.15, 0.2) is 5.96 Å². The highest BCUT2D eigenvalue weighted by Crippen LogP contribution is 2.30. The third-order valence-corrected chi connectivity index (χ3v) is 6.77. The number of nitrogens with one attached hydrogen (secondary N) is 2. The van der Waals surface area contributed by atoms with Gasteiger partial charge >= 0.3 is 0 Å². The minimum absolute atomic E-state index is 0.246. The van der Waals surface area contributed by atoms with E-state index in [1.165, 1.54) is 71.2 Å². The van der Waals surface area contributed by atoms with E-state index in [0.29, 0.717) is 6.04 Å². The third kappa shape index (κ3) is 5.81. The standard InChI is InChI=1S/C21H41N5O/c1-3-4-11-25-14-7-19(8-15-25)24-20(22-2)23-18-21(9-16-27-17-10-21)26-12-5-6-13-26/h19H,3-18H2,1-2H3,(H2,22,23,24). The van der Waals surface area contributed by atoms with Gasteiger partial charge in [-0.1, -0.05) is 13.3 Å². The first-order chi connectivity index (χ1) is 13.3. The van der Waals surface area contributed by atoms with Crippen LogP contribution in [0.25, 0.3) is 0 Å². The summed E-state index contributed by atoms with van der Waals surface area (Å²) in [6.07, 6.45) is 9.99. The molecule has 0 unspecified atom stereocenters. The van der Waals surface area contributed by atoms with Crippen LogP contribution in [0.4, 0.5) is 0 Å². The quantitative estimate of drug-likeness (QED) is 0.524. The van der Waals surface area contributed by atoms with Crippen LogP contribution >= 0.6 is 0 Å². The van der Waals surface area contributed by atoms with Gasteiger partial charge in [-0.2, -0.15) is 0 Å². The first-order valence-electron chi connectivity index (χ1n) is 11.3. The van der Waals surface area contributed by atoms with Crippen molar-refractivity contribution in [1.29, 1.82) is 0 Å². The molecule has 0 atom stereocenters. The summed E-state index contributed by atoms with van der Waals surface area (Å²) < 4.78 is 5.67. The van der Waals surface area contributed by atoms with Crippen LogP contribution in [0, 0.1) is 0 Å². The Balaban J connectivity index is 1.47. The molecule has 27 heavy (non-hydrogen) atoms. The van der Waals surface area contributed by atoms with Crippen LogP contribution < -0.4 is 10.6 Å². The predicted molar refractivity (Wildman–Crippen MR) is 112 cm³/mol. The number of likely N-dealkylation sites (tertiary alicyclic amines) is 2. The Labute approximate surface area is 166 Å². The zero-order chi connectivity index (χ0) is 19.0. The van der Waals surface area contributed by atoms with Crippen molar-refractivity contribution in [2.45, 2.75) is 69.9 Å². The lowest BCUT2D eigenvalue weighted by Crippen LogP contribution is -2.59. The maximum absolute atomic E-state index is 5.67. The highest BCUT2D eigenvalue weighted by Gasteiger charge is 2.39. The van der Waals surface area contributed by atoms with Crippen molar-refractivity contribution >= 4 is 5.96 Å². The SMILES string of the molecule is CCCCN1CCC(NC(=NC)NCC2(N3CCCC3)CCOCC2)CC1. The molecule has 156 valence electrons. The molecule has 0 aromatic rings. The zero-order valence-electron chi connectivity index (χ0n) is 17.6. The molecule has 0 amide bonds. The number of guanidine groups is 1. The molecule has 6 heteroatoms. The van der Waals surface area contributed by atoms with Crippen molar-refractivity contribution in [1.82, 2.24) is 20.4 Å². The molecule has 3 fully saturated rings. The van der Waals surface area contributed by atoms with Gasteiger partial charge < -0.3 is 20.3 Å². The van der Waals surface area contributed by atoms with Gasteiger partial charge in [0.25, 0.3) is 0 Å². The number of aliphatic imine (C=N–C) groups is 1. The van der Waals surface area contributed by atoms with Gasteiger partial charge in [0.1, 0.15) is 0 Å². The van der Waals surface area contributed by atoms with Gasteiger partial charge in [-0.3, -0.25) is 9.89 Å². The largest absolute Gasteiger partial charge is 0.381 e. The average molecular weight is 380 g/mol. The van der Waals surface area contributed by atoms with E-state index in [9.17, 15) is 0 Å².